The molecule has 0 heterocycles. The Kier molecular flexibility index (Phi) is 16.5. The minimum atomic E-state index is -0.664. The van der Waals surface area contributed by atoms with Gasteiger partial charge in [-0.3, -0.25) is 0 Å². The summed E-state index contributed by atoms with van der Waals surface area (Å²) < 4.78 is 21.8. The van der Waals surface area contributed by atoms with E-state index in [9.17, 15) is 14.7 Å². The zero-order valence-corrected chi connectivity index (χ0v) is 30.9. The number of unbranched alkanes of at least 4 members (excludes halogenated alkanes) is 2. The van der Waals surface area contributed by atoms with E-state index in [2.05, 4.69) is 56.5 Å². The molecule has 1 aliphatic carbocycles. The number of esters is 2. The van der Waals surface area contributed by atoms with Crippen LogP contribution in [-0.4, -0.2) is 49.0 Å². The first-order valence-electron chi connectivity index (χ1n) is 18.7. The molecule has 0 amide bonds. The fourth-order valence-corrected chi connectivity index (χ4v) is 6.53. The Balaban J connectivity index is 1.38. The SMILES string of the molecule is C=C(CCO)C(=O)OCOc1cc(OCOC(=O)C(=C)C(C)CO)cc(-c2ccc(-c3ccc(CCC4CCC(CCCCC)CC4)cc3)cc2)c1. The van der Waals surface area contributed by atoms with Crippen molar-refractivity contribution < 1.29 is 38.7 Å². The van der Waals surface area contributed by atoms with E-state index < -0.39 is 17.9 Å². The van der Waals surface area contributed by atoms with Gasteiger partial charge >= 0.3 is 11.9 Å². The van der Waals surface area contributed by atoms with Crippen LogP contribution >= 0.6 is 0 Å². The van der Waals surface area contributed by atoms with Crippen LogP contribution in [-0.2, 0) is 25.5 Å². The summed E-state index contributed by atoms with van der Waals surface area (Å²) in [6, 6.07) is 22.3. The Bertz CT molecular complexity index is 1590. The van der Waals surface area contributed by atoms with Crippen LogP contribution < -0.4 is 9.47 Å². The minimum absolute atomic E-state index is 0.106. The molecule has 0 saturated heterocycles. The van der Waals surface area contributed by atoms with Crippen LogP contribution in [0.3, 0.4) is 0 Å². The highest BCUT2D eigenvalue weighted by Gasteiger charge is 2.21. The van der Waals surface area contributed by atoms with Crippen molar-refractivity contribution >= 4 is 11.9 Å². The van der Waals surface area contributed by atoms with Gasteiger partial charge in [-0.05, 0) is 64.6 Å². The van der Waals surface area contributed by atoms with Crippen molar-refractivity contribution in [3.8, 4) is 33.8 Å². The number of aliphatic hydroxyl groups excluding tert-OH is 2. The lowest BCUT2D eigenvalue weighted by atomic mass is 9.78. The van der Waals surface area contributed by atoms with Crippen LogP contribution in [0.5, 0.6) is 11.5 Å². The second-order valence-electron chi connectivity index (χ2n) is 14.0. The number of aliphatic hydroxyl groups is 2. The van der Waals surface area contributed by atoms with E-state index in [0.29, 0.717) is 11.5 Å². The van der Waals surface area contributed by atoms with Crippen molar-refractivity contribution in [2.24, 2.45) is 17.8 Å². The number of carbonyl (C=O) groups excluding carboxylic acids is 2. The molecule has 1 aliphatic rings. The summed E-state index contributed by atoms with van der Waals surface area (Å²) in [7, 11) is 0. The molecule has 3 aromatic rings. The predicted molar refractivity (Wildman–Crippen MR) is 205 cm³/mol. The Morgan fingerprint density at radius 1 is 0.731 bits per heavy atom. The lowest BCUT2D eigenvalue weighted by Crippen LogP contribution is -2.18. The molecule has 1 unspecified atom stereocenters. The molecule has 8 heteroatoms. The largest absolute Gasteiger partial charge is 0.457 e. The fraction of sp³-hybridized carbons (Fsp3) is 0.455. The van der Waals surface area contributed by atoms with Crippen molar-refractivity contribution in [1.29, 1.82) is 0 Å². The molecular formula is C44H56O8. The molecule has 1 fully saturated rings. The first kappa shape index (κ1) is 40.4. The third-order valence-electron chi connectivity index (χ3n) is 10.1. The van der Waals surface area contributed by atoms with E-state index in [1.54, 1.807) is 25.1 Å². The summed E-state index contributed by atoms with van der Waals surface area (Å²) in [4.78, 5) is 24.4. The Hall–Kier alpha value is -4.40. The van der Waals surface area contributed by atoms with Crippen LogP contribution in [0.15, 0.2) is 91.0 Å². The number of aryl methyl sites for hydroxylation is 1. The Labute approximate surface area is 309 Å². The van der Waals surface area contributed by atoms with Gasteiger partial charge in [-0.2, -0.15) is 0 Å². The second-order valence-corrected chi connectivity index (χ2v) is 14.0. The highest BCUT2D eigenvalue weighted by molar-refractivity contribution is 5.88. The van der Waals surface area contributed by atoms with Crippen molar-refractivity contribution in [3.05, 3.63) is 96.6 Å². The summed E-state index contributed by atoms with van der Waals surface area (Å²) in [6.45, 7) is 10.1. The molecule has 8 nitrogen and oxygen atoms in total. The summed E-state index contributed by atoms with van der Waals surface area (Å²) in [5.41, 5.74) is 5.58. The second kappa shape index (κ2) is 21.2. The highest BCUT2D eigenvalue weighted by atomic mass is 16.7. The number of carbonyl (C=O) groups is 2. The number of benzene rings is 3. The van der Waals surface area contributed by atoms with Crippen molar-refractivity contribution in [2.45, 2.75) is 84.5 Å². The van der Waals surface area contributed by atoms with Crippen molar-refractivity contribution in [3.63, 3.8) is 0 Å². The van der Waals surface area contributed by atoms with Gasteiger partial charge in [0.25, 0.3) is 0 Å². The van der Waals surface area contributed by atoms with Gasteiger partial charge in [-0.25, -0.2) is 9.59 Å². The van der Waals surface area contributed by atoms with E-state index in [4.69, 9.17) is 24.1 Å². The van der Waals surface area contributed by atoms with E-state index in [1.165, 1.54) is 63.4 Å². The number of rotatable bonds is 21. The summed E-state index contributed by atoms with van der Waals surface area (Å²) in [5, 5.41) is 18.4. The van der Waals surface area contributed by atoms with Gasteiger partial charge in [0.15, 0.2) is 0 Å². The molecule has 0 bridgehead atoms. The van der Waals surface area contributed by atoms with E-state index in [0.717, 1.165) is 40.5 Å². The summed E-state index contributed by atoms with van der Waals surface area (Å²) in [5.74, 6) is 0.758. The molecule has 52 heavy (non-hydrogen) atoms. The standard InChI is InChI=1S/C44H56O8/c1-5-6-7-8-34-9-11-35(12-10-34)13-14-36-15-17-37(18-16-36)38-19-21-39(22-20-38)40-25-41(49-29-51-43(47)31(2)23-24-45)27-42(26-40)50-30-52-44(48)33(4)32(3)28-46/h15-22,25-27,32,34-35,45-46H,2,4-14,23-24,28-30H2,1,3H3. The quantitative estimate of drug-likeness (QED) is 0.0487. The highest BCUT2D eigenvalue weighted by Crippen LogP contribution is 2.35. The van der Waals surface area contributed by atoms with Gasteiger partial charge < -0.3 is 29.2 Å². The lowest BCUT2D eigenvalue weighted by molar-refractivity contribution is -0.146. The van der Waals surface area contributed by atoms with Crippen LogP contribution in [0.4, 0.5) is 0 Å². The smallest absolute Gasteiger partial charge is 0.336 e. The molecule has 0 radical (unpaired) electrons. The van der Waals surface area contributed by atoms with Gasteiger partial charge in [-0.1, -0.05) is 127 Å². The van der Waals surface area contributed by atoms with E-state index >= 15 is 0 Å². The number of hydrogen-bond donors (Lipinski definition) is 2. The molecule has 0 aliphatic heterocycles. The monoisotopic (exact) mass is 712 g/mol. The molecule has 3 aromatic carbocycles. The van der Waals surface area contributed by atoms with E-state index in [1.807, 2.05) is 12.1 Å². The molecule has 4 rings (SSSR count). The van der Waals surface area contributed by atoms with Crippen LogP contribution in [0, 0.1) is 17.8 Å². The topological polar surface area (TPSA) is 112 Å². The maximum absolute atomic E-state index is 12.3. The maximum atomic E-state index is 12.3. The molecule has 0 spiro atoms. The first-order chi connectivity index (χ1) is 25.2. The van der Waals surface area contributed by atoms with Gasteiger partial charge in [0.1, 0.15) is 11.5 Å². The Morgan fingerprint density at radius 2 is 1.25 bits per heavy atom. The summed E-state index contributed by atoms with van der Waals surface area (Å²) >= 11 is 0. The lowest BCUT2D eigenvalue weighted by Gasteiger charge is -2.28. The van der Waals surface area contributed by atoms with Crippen molar-refractivity contribution in [1.82, 2.24) is 0 Å². The molecule has 1 saturated carbocycles. The molecule has 2 N–H and O–H groups in total. The van der Waals surface area contributed by atoms with Gasteiger partial charge in [0.2, 0.25) is 13.6 Å². The minimum Gasteiger partial charge on any atom is -0.457 e. The van der Waals surface area contributed by atoms with Crippen LogP contribution in [0.25, 0.3) is 22.3 Å². The van der Waals surface area contributed by atoms with Crippen molar-refractivity contribution in [2.75, 3.05) is 26.8 Å². The fourth-order valence-electron chi connectivity index (χ4n) is 6.53. The number of ether oxygens (including phenoxy) is 4. The zero-order valence-electron chi connectivity index (χ0n) is 30.9. The first-order valence-corrected chi connectivity index (χ1v) is 18.7. The van der Waals surface area contributed by atoms with E-state index in [-0.39, 0.29) is 44.4 Å². The summed E-state index contributed by atoms with van der Waals surface area (Å²) in [6.07, 6.45) is 13.6. The van der Waals surface area contributed by atoms with Gasteiger partial charge in [-0.15, -0.1) is 0 Å². The number of hydrogen-bond acceptors (Lipinski definition) is 8. The average molecular weight is 713 g/mol. The third-order valence-corrected chi connectivity index (χ3v) is 10.1. The molecule has 0 aromatic heterocycles. The Morgan fingerprint density at radius 3 is 1.79 bits per heavy atom. The van der Waals surface area contributed by atoms with Gasteiger partial charge in [0, 0.05) is 42.8 Å². The molecular weight excluding hydrogens is 656 g/mol. The van der Waals surface area contributed by atoms with Gasteiger partial charge in [0.05, 0.1) is 0 Å². The third kappa shape index (κ3) is 12.7. The normalized spacial score (nSPS) is 16.1. The maximum Gasteiger partial charge on any atom is 0.336 e. The average Bonchev–Trinajstić information content (AvgIpc) is 3.17. The predicted octanol–water partition coefficient (Wildman–Crippen LogP) is 9.22. The van der Waals surface area contributed by atoms with Crippen LogP contribution in [0.2, 0.25) is 0 Å². The zero-order chi connectivity index (χ0) is 37.3. The van der Waals surface area contributed by atoms with Crippen LogP contribution in [0.1, 0.15) is 83.6 Å². The molecule has 1 atom stereocenters. The molecule has 280 valence electrons.